The predicted molar refractivity (Wildman–Crippen MR) is 91.2 cm³/mol. The zero-order chi connectivity index (χ0) is 14.5. The van der Waals surface area contributed by atoms with E-state index < -0.39 is 0 Å². The van der Waals surface area contributed by atoms with E-state index in [1.165, 1.54) is 83.5 Å². The zero-order valence-electron chi connectivity index (χ0n) is 14.0. The van der Waals surface area contributed by atoms with Gasteiger partial charge in [-0.05, 0) is 51.9 Å². The van der Waals surface area contributed by atoms with Gasteiger partial charge in [0.25, 0.3) is 0 Å². The fourth-order valence-electron chi connectivity index (χ4n) is 3.23. The smallest absolute Gasteiger partial charge is 0.00696 e. The van der Waals surface area contributed by atoms with Gasteiger partial charge in [0, 0.05) is 12.1 Å². The Hall–Kier alpha value is -0.300. The van der Waals surface area contributed by atoms with Crippen LogP contribution in [0.4, 0.5) is 0 Å². The molecule has 1 aliphatic heterocycles. The molecule has 118 valence electrons. The minimum Gasteiger partial charge on any atom is -0.312 e. The Balaban J connectivity index is 1.84. The van der Waals surface area contributed by atoms with E-state index in [0.29, 0.717) is 0 Å². The van der Waals surface area contributed by atoms with Crippen LogP contribution in [0.15, 0.2) is 12.2 Å². The Bertz CT molecular complexity index is 234. The number of allylic oxidation sites excluding steroid dienone is 2. The summed E-state index contributed by atoms with van der Waals surface area (Å²) < 4.78 is 0. The summed E-state index contributed by atoms with van der Waals surface area (Å²) in [4.78, 5) is 0. The van der Waals surface area contributed by atoms with Crippen LogP contribution in [0, 0.1) is 0 Å². The zero-order valence-corrected chi connectivity index (χ0v) is 14.0. The first-order valence-corrected chi connectivity index (χ1v) is 9.24. The second-order valence-corrected chi connectivity index (χ2v) is 6.65. The van der Waals surface area contributed by atoms with Gasteiger partial charge < -0.3 is 5.32 Å². The Morgan fingerprint density at radius 1 is 0.900 bits per heavy atom. The molecule has 1 aliphatic rings. The maximum Gasteiger partial charge on any atom is 0.00696 e. The molecule has 0 aromatic heterocycles. The van der Waals surface area contributed by atoms with Crippen LogP contribution in [-0.4, -0.2) is 12.1 Å². The SMILES string of the molecule is CCCCCCCCC=CCCCC1CCCC(C)N1. The first kappa shape index (κ1) is 17.8. The van der Waals surface area contributed by atoms with Gasteiger partial charge in [0.1, 0.15) is 0 Å². The maximum atomic E-state index is 3.73. The summed E-state index contributed by atoms with van der Waals surface area (Å²) in [5, 5.41) is 3.73. The topological polar surface area (TPSA) is 12.0 Å². The lowest BCUT2D eigenvalue weighted by Crippen LogP contribution is -2.40. The molecule has 1 saturated heterocycles. The number of hydrogen-bond donors (Lipinski definition) is 1. The normalized spacial score (nSPS) is 23.5. The highest BCUT2D eigenvalue weighted by Gasteiger charge is 2.16. The van der Waals surface area contributed by atoms with Gasteiger partial charge in [-0.2, -0.15) is 0 Å². The highest BCUT2D eigenvalue weighted by molar-refractivity contribution is 4.83. The number of hydrogen-bond acceptors (Lipinski definition) is 1. The van der Waals surface area contributed by atoms with Crippen molar-refractivity contribution in [2.45, 2.75) is 109 Å². The highest BCUT2D eigenvalue weighted by Crippen LogP contribution is 2.16. The molecule has 0 bridgehead atoms. The average molecular weight is 280 g/mol. The maximum absolute atomic E-state index is 3.73. The van der Waals surface area contributed by atoms with E-state index in [9.17, 15) is 0 Å². The van der Waals surface area contributed by atoms with Gasteiger partial charge in [-0.15, -0.1) is 0 Å². The van der Waals surface area contributed by atoms with Crippen molar-refractivity contribution in [3.8, 4) is 0 Å². The molecular formula is C19H37N. The minimum atomic E-state index is 0.747. The lowest BCUT2D eigenvalue weighted by molar-refractivity contribution is 0.318. The standard InChI is InChI=1S/C19H37N/c1-3-4-5-6-7-8-9-10-11-12-13-16-19-17-14-15-18(2)20-19/h10-11,18-20H,3-9,12-17H2,1-2H3. The van der Waals surface area contributed by atoms with Crippen LogP contribution in [0.25, 0.3) is 0 Å². The van der Waals surface area contributed by atoms with Crippen LogP contribution in [0.3, 0.4) is 0 Å². The molecule has 0 aliphatic carbocycles. The summed E-state index contributed by atoms with van der Waals surface area (Å²) in [6.07, 6.45) is 22.8. The first-order chi connectivity index (χ1) is 9.83. The molecule has 2 unspecified atom stereocenters. The fraction of sp³-hybridized carbons (Fsp3) is 0.895. The Kier molecular flexibility index (Phi) is 11.0. The van der Waals surface area contributed by atoms with Gasteiger partial charge in [-0.3, -0.25) is 0 Å². The van der Waals surface area contributed by atoms with Crippen molar-refractivity contribution in [1.82, 2.24) is 5.32 Å². The second-order valence-electron chi connectivity index (χ2n) is 6.65. The molecular weight excluding hydrogens is 242 g/mol. The van der Waals surface area contributed by atoms with E-state index in [0.717, 1.165) is 12.1 Å². The molecule has 1 heterocycles. The summed E-state index contributed by atoms with van der Waals surface area (Å²) in [6, 6.07) is 1.54. The summed E-state index contributed by atoms with van der Waals surface area (Å²) >= 11 is 0. The fourth-order valence-corrected chi connectivity index (χ4v) is 3.23. The Labute approximate surface area is 127 Å². The van der Waals surface area contributed by atoms with E-state index in [1.54, 1.807) is 0 Å². The Morgan fingerprint density at radius 3 is 2.35 bits per heavy atom. The number of rotatable bonds is 11. The predicted octanol–water partition coefficient (Wildman–Crippen LogP) is 5.99. The molecule has 1 nitrogen and oxygen atoms in total. The van der Waals surface area contributed by atoms with E-state index in [-0.39, 0.29) is 0 Å². The van der Waals surface area contributed by atoms with Crippen molar-refractivity contribution in [2.24, 2.45) is 0 Å². The largest absolute Gasteiger partial charge is 0.312 e. The van der Waals surface area contributed by atoms with Gasteiger partial charge >= 0.3 is 0 Å². The summed E-state index contributed by atoms with van der Waals surface area (Å²) in [7, 11) is 0. The van der Waals surface area contributed by atoms with Crippen molar-refractivity contribution >= 4 is 0 Å². The Morgan fingerprint density at radius 2 is 1.60 bits per heavy atom. The van der Waals surface area contributed by atoms with Crippen LogP contribution in [-0.2, 0) is 0 Å². The molecule has 20 heavy (non-hydrogen) atoms. The molecule has 1 N–H and O–H groups in total. The molecule has 0 spiro atoms. The van der Waals surface area contributed by atoms with Crippen LogP contribution < -0.4 is 5.32 Å². The van der Waals surface area contributed by atoms with Crippen LogP contribution in [0.2, 0.25) is 0 Å². The summed E-state index contributed by atoms with van der Waals surface area (Å²) in [6.45, 7) is 4.61. The monoisotopic (exact) mass is 279 g/mol. The van der Waals surface area contributed by atoms with Crippen molar-refractivity contribution in [1.29, 1.82) is 0 Å². The number of piperidine rings is 1. The quantitative estimate of drug-likeness (QED) is 0.361. The summed E-state index contributed by atoms with van der Waals surface area (Å²) in [5.41, 5.74) is 0. The van der Waals surface area contributed by atoms with Crippen LogP contribution in [0.1, 0.15) is 97.3 Å². The van der Waals surface area contributed by atoms with Crippen LogP contribution in [0.5, 0.6) is 0 Å². The molecule has 1 rings (SSSR count). The highest BCUT2D eigenvalue weighted by atomic mass is 15.0. The van der Waals surface area contributed by atoms with Gasteiger partial charge in [0.15, 0.2) is 0 Å². The van der Waals surface area contributed by atoms with Crippen molar-refractivity contribution < 1.29 is 0 Å². The molecule has 0 aromatic carbocycles. The lowest BCUT2D eigenvalue weighted by atomic mass is 9.96. The molecule has 0 aromatic rings. The third-order valence-electron chi connectivity index (χ3n) is 4.52. The van der Waals surface area contributed by atoms with E-state index >= 15 is 0 Å². The number of unbranched alkanes of at least 4 members (excludes halogenated alkanes) is 7. The molecule has 2 atom stereocenters. The van der Waals surface area contributed by atoms with E-state index in [2.05, 4.69) is 31.3 Å². The minimum absolute atomic E-state index is 0.747. The van der Waals surface area contributed by atoms with Gasteiger partial charge in [-0.1, -0.05) is 57.6 Å². The van der Waals surface area contributed by atoms with E-state index in [1.807, 2.05) is 0 Å². The number of nitrogens with one attached hydrogen (secondary N) is 1. The van der Waals surface area contributed by atoms with Gasteiger partial charge in [0.2, 0.25) is 0 Å². The van der Waals surface area contributed by atoms with Crippen molar-refractivity contribution in [3.63, 3.8) is 0 Å². The van der Waals surface area contributed by atoms with Crippen molar-refractivity contribution in [2.75, 3.05) is 0 Å². The van der Waals surface area contributed by atoms with E-state index in [4.69, 9.17) is 0 Å². The molecule has 0 amide bonds. The molecule has 0 saturated carbocycles. The molecule has 1 heteroatoms. The van der Waals surface area contributed by atoms with Crippen molar-refractivity contribution in [3.05, 3.63) is 12.2 Å². The average Bonchev–Trinajstić information content (AvgIpc) is 2.45. The van der Waals surface area contributed by atoms with Crippen LogP contribution >= 0.6 is 0 Å². The second kappa shape index (κ2) is 12.4. The molecule has 0 radical (unpaired) electrons. The third-order valence-corrected chi connectivity index (χ3v) is 4.52. The summed E-state index contributed by atoms with van der Waals surface area (Å²) in [5.74, 6) is 0. The first-order valence-electron chi connectivity index (χ1n) is 9.24. The lowest BCUT2D eigenvalue weighted by Gasteiger charge is -2.28. The third kappa shape index (κ3) is 9.58. The van der Waals surface area contributed by atoms with Gasteiger partial charge in [-0.25, -0.2) is 0 Å². The molecule has 1 fully saturated rings. The van der Waals surface area contributed by atoms with Gasteiger partial charge in [0.05, 0.1) is 0 Å².